The molecule has 0 spiro atoms. The molecule has 88 valence electrons. The second kappa shape index (κ2) is 7.32. The van der Waals surface area contributed by atoms with Gasteiger partial charge in [0.05, 0.1) is 0 Å². The summed E-state index contributed by atoms with van der Waals surface area (Å²) >= 11 is 0. The van der Waals surface area contributed by atoms with Gasteiger partial charge in [0.15, 0.2) is 18.3 Å². The lowest BCUT2D eigenvalue weighted by Crippen LogP contribution is -2.16. The first-order chi connectivity index (χ1) is 7.20. The van der Waals surface area contributed by atoms with E-state index >= 15 is 0 Å². The minimum atomic E-state index is 0.525. The van der Waals surface area contributed by atoms with E-state index in [9.17, 15) is 0 Å². The Kier molecular flexibility index (Phi) is 6.84. The average molecular weight is 212 g/mol. The third kappa shape index (κ3) is 3.57. The molecule has 0 atom stereocenters. The number of nitrogens with zero attached hydrogens (tertiary/aromatic N) is 1. The lowest BCUT2D eigenvalue weighted by Gasteiger charge is -2.11. The number of amidine groups is 1. The summed E-state index contributed by atoms with van der Waals surface area (Å²) in [4.78, 5) is 4.14. The summed E-state index contributed by atoms with van der Waals surface area (Å²) in [6.07, 6.45) is 1.02. The summed E-state index contributed by atoms with van der Waals surface area (Å²) in [5.74, 6) is 2.38. The fraction of sp³-hybridized carbons (Fsp3) is 0.750. The van der Waals surface area contributed by atoms with Crippen LogP contribution >= 0.6 is 0 Å². The molecule has 1 fully saturated rings. The van der Waals surface area contributed by atoms with Gasteiger partial charge in [-0.25, -0.2) is 0 Å². The van der Waals surface area contributed by atoms with Crippen LogP contribution in [0.15, 0.2) is 16.3 Å². The molecule has 1 aliphatic rings. The second-order valence-electron chi connectivity index (χ2n) is 3.40. The Morgan fingerprint density at radius 2 is 2.07 bits per heavy atom. The van der Waals surface area contributed by atoms with Gasteiger partial charge >= 0.3 is 0 Å². The van der Waals surface area contributed by atoms with Gasteiger partial charge in [-0.3, -0.25) is 4.99 Å². The normalized spacial score (nSPS) is 20.6. The molecule has 0 radical (unpaired) electrons. The molecule has 0 aromatic rings. The van der Waals surface area contributed by atoms with Crippen LogP contribution in [0.4, 0.5) is 0 Å². The molecule has 0 saturated carbocycles. The van der Waals surface area contributed by atoms with E-state index in [4.69, 9.17) is 4.74 Å². The molecule has 1 aliphatic heterocycles. The number of hydrogen-bond acceptors (Lipinski definition) is 2. The van der Waals surface area contributed by atoms with Gasteiger partial charge in [-0.2, -0.15) is 0 Å². The van der Waals surface area contributed by atoms with Crippen LogP contribution in [0.5, 0.6) is 0 Å². The van der Waals surface area contributed by atoms with E-state index in [-0.39, 0.29) is 0 Å². The predicted molar refractivity (Wildman–Crippen MR) is 65.9 cm³/mol. The van der Waals surface area contributed by atoms with Crippen molar-refractivity contribution in [2.75, 3.05) is 13.8 Å². The highest BCUT2D eigenvalue weighted by molar-refractivity contribution is 5.98. The lowest BCUT2D eigenvalue weighted by molar-refractivity contribution is 0.248. The van der Waals surface area contributed by atoms with Gasteiger partial charge in [-0.05, 0) is 17.9 Å². The van der Waals surface area contributed by atoms with E-state index in [1.54, 1.807) is 7.05 Å². The molecule has 1 heterocycles. The van der Waals surface area contributed by atoms with E-state index in [0.29, 0.717) is 12.6 Å². The van der Waals surface area contributed by atoms with E-state index in [0.717, 1.165) is 18.0 Å². The molecule has 0 aliphatic carbocycles. The van der Waals surface area contributed by atoms with Crippen molar-refractivity contribution in [1.29, 1.82) is 0 Å². The molecule has 0 aromatic heterocycles. The summed E-state index contributed by atoms with van der Waals surface area (Å²) in [5.41, 5.74) is 1.34. The van der Waals surface area contributed by atoms with Gasteiger partial charge in [-0.15, -0.1) is 0 Å². The molecule has 0 aromatic carbocycles. The number of allylic oxidation sites excluding steroid dienone is 1. The lowest BCUT2D eigenvalue weighted by atomic mass is 9.99. The first-order valence-electron chi connectivity index (χ1n) is 5.77. The third-order valence-electron chi connectivity index (χ3n) is 2.26. The average Bonchev–Trinajstić information content (AvgIpc) is 2.69. The maximum absolute atomic E-state index is 5.51. The number of ether oxygens (including phenoxy) is 1. The molecule has 0 bridgehead atoms. The van der Waals surface area contributed by atoms with Crippen LogP contribution in [-0.2, 0) is 4.74 Å². The quantitative estimate of drug-likeness (QED) is 0.763. The number of aliphatic imine (C=N–C) groups is 1. The van der Waals surface area contributed by atoms with E-state index in [2.05, 4.69) is 31.1 Å². The third-order valence-corrected chi connectivity index (χ3v) is 2.26. The van der Waals surface area contributed by atoms with Crippen molar-refractivity contribution in [3.05, 3.63) is 11.3 Å². The standard InChI is InChI=1S/C10H18N2O.C2H6/c1-5-8(7(2)3)9-10(11-4)12-6-13-9;1-2/h7H,5-6H2,1-4H3,(H,11,12);1-2H3/b9-8-;. The molecule has 15 heavy (non-hydrogen) atoms. The van der Waals surface area contributed by atoms with E-state index in [1.807, 2.05) is 13.8 Å². The summed E-state index contributed by atoms with van der Waals surface area (Å²) < 4.78 is 5.51. The Hall–Kier alpha value is -0.990. The van der Waals surface area contributed by atoms with Gasteiger partial charge in [0.1, 0.15) is 0 Å². The first-order valence-corrected chi connectivity index (χ1v) is 5.77. The molecular formula is C12H24N2O. The second-order valence-corrected chi connectivity index (χ2v) is 3.40. The molecule has 0 amide bonds. The van der Waals surface area contributed by atoms with Crippen molar-refractivity contribution in [1.82, 2.24) is 5.32 Å². The molecule has 0 unspecified atom stereocenters. The van der Waals surface area contributed by atoms with Crippen LogP contribution in [0, 0.1) is 5.92 Å². The Morgan fingerprint density at radius 1 is 1.47 bits per heavy atom. The predicted octanol–water partition coefficient (Wildman–Crippen LogP) is 2.94. The summed E-state index contributed by atoms with van der Waals surface area (Å²) in [6, 6.07) is 0. The van der Waals surface area contributed by atoms with Gasteiger partial charge in [-0.1, -0.05) is 34.6 Å². The van der Waals surface area contributed by atoms with Crippen LogP contribution in [0.1, 0.15) is 41.0 Å². The van der Waals surface area contributed by atoms with Gasteiger partial charge < -0.3 is 10.1 Å². The Bertz CT molecular complexity index is 242. The smallest absolute Gasteiger partial charge is 0.166 e. The van der Waals surface area contributed by atoms with Crippen LogP contribution < -0.4 is 5.32 Å². The highest BCUT2D eigenvalue weighted by Crippen LogP contribution is 2.21. The topological polar surface area (TPSA) is 33.6 Å². The summed E-state index contributed by atoms with van der Waals surface area (Å²) in [6.45, 7) is 11.1. The molecule has 1 N–H and O–H groups in total. The monoisotopic (exact) mass is 212 g/mol. The molecular weight excluding hydrogens is 188 g/mol. The number of nitrogens with one attached hydrogen (secondary N) is 1. The van der Waals surface area contributed by atoms with Crippen LogP contribution in [0.3, 0.4) is 0 Å². The van der Waals surface area contributed by atoms with E-state index in [1.165, 1.54) is 5.57 Å². The fourth-order valence-electron chi connectivity index (χ4n) is 1.58. The number of rotatable bonds is 2. The Morgan fingerprint density at radius 3 is 2.47 bits per heavy atom. The van der Waals surface area contributed by atoms with Crippen molar-refractivity contribution in [3.63, 3.8) is 0 Å². The van der Waals surface area contributed by atoms with Crippen molar-refractivity contribution >= 4 is 5.84 Å². The molecule has 1 rings (SSSR count). The van der Waals surface area contributed by atoms with Crippen LogP contribution in [-0.4, -0.2) is 19.6 Å². The zero-order valence-corrected chi connectivity index (χ0v) is 10.8. The minimum Gasteiger partial charge on any atom is -0.469 e. The maximum Gasteiger partial charge on any atom is 0.166 e. The summed E-state index contributed by atoms with van der Waals surface area (Å²) in [5, 5.41) is 3.10. The maximum atomic E-state index is 5.51. The van der Waals surface area contributed by atoms with Crippen molar-refractivity contribution in [2.45, 2.75) is 41.0 Å². The number of hydrogen-bond donors (Lipinski definition) is 1. The van der Waals surface area contributed by atoms with Crippen molar-refractivity contribution < 1.29 is 4.74 Å². The van der Waals surface area contributed by atoms with Crippen molar-refractivity contribution in [2.24, 2.45) is 10.9 Å². The van der Waals surface area contributed by atoms with Crippen LogP contribution in [0.25, 0.3) is 0 Å². The van der Waals surface area contributed by atoms with Gasteiger partial charge in [0, 0.05) is 7.05 Å². The largest absolute Gasteiger partial charge is 0.469 e. The Balaban J connectivity index is 0.000000921. The molecule has 3 nitrogen and oxygen atoms in total. The molecule has 3 heteroatoms. The van der Waals surface area contributed by atoms with Crippen molar-refractivity contribution in [3.8, 4) is 0 Å². The first kappa shape index (κ1) is 14.0. The highest BCUT2D eigenvalue weighted by atomic mass is 16.5. The van der Waals surface area contributed by atoms with Gasteiger partial charge in [0.25, 0.3) is 0 Å². The minimum absolute atomic E-state index is 0.525. The highest BCUT2D eigenvalue weighted by Gasteiger charge is 2.20. The summed E-state index contributed by atoms with van der Waals surface area (Å²) in [7, 11) is 1.78. The van der Waals surface area contributed by atoms with E-state index < -0.39 is 0 Å². The SMILES string of the molecule is CC.CC/C(=C1/OCNC1=NC)C(C)C. The zero-order chi connectivity index (χ0) is 11.8. The molecule has 1 saturated heterocycles. The van der Waals surface area contributed by atoms with Crippen LogP contribution in [0.2, 0.25) is 0 Å². The van der Waals surface area contributed by atoms with Gasteiger partial charge in [0.2, 0.25) is 0 Å². The Labute approximate surface area is 93.6 Å². The fourth-order valence-corrected chi connectivity index (χ4v) is 1.58. The zero-order valence-electron chi connectivity index (χ0n) is 10.8.